The van der Waals surface area contributed by atoms with Gasteiger partial charge in [0.1, 0.15) is 5.82 Å². The Bertz CT molecular complexity index is 571. The van der Waals surface area contributed by atoms with Crippen LogP contribution in [0.4, 0.5) is 4.39 Å². The van der Waals surface area contributed by atoms with Crippen LogP contribution in [0.15, 0.2) is 30.6 Å². The van der Waals surface area contributed by atoms with Crippen LogP contribution in [0, 0.1) is 5.82 Å². The maximum Gasteiger partial charge on any atom is 0.254 e. The largest absolute Gasteiger partial charge is 0.347 e. The predicted molar refractivity (Wildman–Crippen MR) is 70.5 cm³/mol. The SMILES string of the molecule is CCC(NC(=O)c1cccc(Cl)c1F)c1ncc[nH]1. The van der Waals surface area contributed by atoms with Gasteiger partial charge in [0.2, 0.25) is 0 Å². The minimum atomic E-state index is -0.712. The number of nitrogens with zero attached hydrogens (tertiary/aromatic N) is 1. The first kappa shape index (κ1) is 13.5. The summed E-state index contributed by atoms with van der Waals surface area (Å²) in [6, 6.07) is 4.04. The molecule has 2 aromatic rings. The zero-order valence-electron chi connectivity index (χ0n) is 10.3. The van der Waals surface area contributed by atoms with E-state index in [0.717, 1.165) is 0 Å². The number of imidazole rings is 1. The molecule has 2 rings (SSSR count). The summed E-state index contributed by atoms with van der Waals surface area (Å²) in [4.78, 5) is 19.0. The van der Waals surface area contributed by atoms with E-state index in [1.54, 1.807) is 12.4 Å². The van der Waals surface area contributed by atoms with Crippen LogP contribution in [-0.2, 0) is 0 Å². The van der Waals surface area contributed by atoms with Crippen LogP contribution in [0.5, 0.6) is 0 Å². The zero-order chi connectivity index (χ0) is 13.8. The van der Waals surface area contributed by atoms with Crippen LogP contribution in [0.25, 0.3) is 0 Å². The minimum absolute atomic E-state index is 0.0707. The third-order valence-corrected chi connectivity index (χ3v) is 3.05. The Morgan fingerprint density at radius 1 is 1.58 bits per heavy atom. The number of halogens is 2. The number of carbonyl (C=O) groups excluding carboxylic acids is 1. The number of hydrogen-bond acceptors (Lipinski definition) is 2. The lowest BCUT2D eigenvalue weighted by Crippen LogP contribution is -2.29. The molecule has 4 nitrogen and oxygen atoms in total. The maximum absolute atomic E-state index is 13.7. The van der Waals surface area contributed by atoms with Crippen molar-refractivity contribution in [3.05, 3.63) is 52.8 Å². The van der Waals surface area contributed by atoms with Crippen molar-refractivity contribution in [3.8, 4) is 0 Å². The minimum Gasteiger partial charge on any atom is -0.347 e. The summed E-state index contributed by atoms with van der Waals surface area (Å²) in [5, 5.41) is 2.65. The van der Waals surface area contributed by atoms with Crippen molar-refractivity contribution in [2.75, 3.05) is 0 Å². The molecule has 0 aliphatic carbocycles. The predicted octanol–water partition coefficient (Wildman–Crippen LogP) is 3.08. The van der Waals surface area contributed by atoms with Crippen LogP contribution < -0.4 is 5.32 Å². The number of aromatic amines is 1. The van der Waals surface area contributed by atoms with Gasteiger partial charge in [0.15, 0.2) is 5.82 Å². The number of aromatic nitrogens is 2. The van der Waals surface area contributed by atoms with Gasteiger partial charge in [0.05, 0.1) is 16.6 Å². The molecule has 0 saturated carbocycles. The van der Waals surface area contributed by atoms with Crippen LogP contribution in [0.2, 0.25) is 5.02 Å². The van der Waals surface area contributed by atoms with Gasteiger partial charge in [0.25, 0.3) is 5.91 Å². The molecule has 0 aliphatic heterocycles. The monoisotopic (exact) mass is 281 g/mol. The Kier molecular flexibility index (Phi) is 4.16. The number of hydrogen-bond donors (Lipinski definition) is 2. The van der Waals surface area contributed by atoms with E-state index in [1.165, 1.54) is 18.2 Å². The molecular weight excluding hydrogens is 269 g/mol. The third-order valence-electron chi connectivity index (χ3n) is 2.76. The number of amides is 1. The quantitative estimate of drug-likeness (QED) is 0.905. The van der Waals surface area contributed by atoms with E-state index in [2.05, 4.69) is 15.3 Å². The van der Waals surface area contributed by atoms with Crippen molar-refractivity contribution in [3.63, 3.8) is 0 Å². The van der Waals surface area contributed by atoms with E-state index in [0.29, 0.717) is 12.2 Å². The van der Waals surface area contributed by atoms with Gasteiger partial charge < -0.3 is 10.3 Å². The van der Waals surface area contributed by atoms with E-state index in [-0.39, 0.29) is 16.6 Å². The number of benzene rings is 1. The van der Waals surface area contributed by atoms with Gasteiger partial charge in [-0.25, -0.2) is 9.37 Å². The first-order valence-electron chi connectivity index (χ1n) is 5.87. The summed E-state index contributed by atoms with van der Waals surface area (Å²) >= 11 is 5.65. The Morgan fingerprint density at radius 2 is 2.37 bits per heavy atom. The van der Waals surface area contributed by atoms with Gasteiger partial charge in [0, 0.05) is 12.4 Å². The topological polar surface area (TPSA) is 57.8 Å². The average Bonchev–Trinajstić information content (AvgIpc) is 2.92. The highest BCUT2D eigenvalue weighted by molar-refractivity contribution is 6.31. The fraction of sp³-hybridized carbons (Fsp3) is 0.231. The van der Waals surface area contributed by atoms with Crippen LogP contribution in [0.1, 0.15) is 35.6 Å². The second kappa shape index (κ2) is 5.84. The molecule has 0 bridgehead atoms. The zero-order valence-corrected chi connectivity index (χ0v) is 11.0. The van der Waals surface area contributed by atoms with Gasteiger partial charge in [-0.3, -0.25) is 4.79 Å². The summed E-state index contributed by atoms with van der Waals surface area (Å²) in [6.45, 7) is 1.90. The highest BCUT2D eigenvalue weighted by atomic mass is 35.5. The third kappa shape index (κ3) is 2.93. The van der Waals surface area contributed by atoms with Crippen molar-refractivity contribution >= 4 is 17.5 Å². The fourth-order valence-electron chi connectivity index (χ4n) is 1.75. The van der Waals surface area contributed by atoms with E-state index < -0.39 is 11.7 Å². The van der Waals surface area contributed by atoms with E-state index in [9.17, 15) is 9.18 Å². The molecule has 0 radical (unpaired) electrons. The molecule has 0 fully saturated rings. The smallest absolute Gasteiger partial charge is 0.254 e. The Labute approximate surface area is 115 Å². The molecule has 19 heavy (non-hydrogen) atoms. The average molecular weight is 282 g/mol. The van der Waals surface area contributed by atoms with Gasteiger partial charge in [-0.1, -0.05) is 24.6 Å². The molecule has 1 heterocycles. The summed E-state index contributed by atoms with van der Waals surface area (Å²) in [5.74, 6) is -0.586. The summed E-state index contributed by atoms with van der Waals surface area (Å²) in [6.07, 6.45) is 3.91. The fourth-order valence-corrected chi connectivity index (χ4v) is 1.92. The first-order chi connectivity index (χ1) is 9.13. The van der Waals surface area contributed by atoms with E-state index in [4.69, 9.17) is 11.6 Å². The van der Waals surface area contributed by atoms with Crippen molar-refractivity contribution in [2.24, 2.45) is 0 Å². The number of nitrogens with one attached hydrogen (secondary N) is 2. The number of H-pyrrole nitrogens is 1. The molecule has 1 amide bonds. The Hall–Kier alpha value is -1.88. The van der Waals surface area contributed by atoms with Crippen molar-refractivity contribution < 1.29 is 9.18 Å². The van der Waals surface area contributed by atoms with Crippen LogP contribution >= 0.6 is 11.6 Å². The van der Waals surface area contributed by atoms with Crippen LogP contribution in [-0.4, -0.2) is 15.9 Å². The molecule has 0 aliphatic rings. The van der Waals surface area contributed by atoms with E-state index in [1.807, 2.05) is 6.92 Å². The molecule has 100 valence electrons. The van der Waals surface area contributed by atoms with Gasteiger partial charge >= 0.3 is 0 Å². The van der Waals surface area contributed by atoms with Gasteiger partial charge in [-0.05, 0) is 18.6 Å². The summed E-state index contributed by atoms with van der Waals surface area (Å²) in [7, 11) is 0. The lowest BCUT2D eigenvalue weighted by atomic mass is 10.1. The Balaban J connectivity index is 2.18. The first-order valence-corrected chi connectivity index (χ1v) is 6.25. The standard InChI is InChI=1S/C13H13ClFN3O/c1-2-10(12-16-6-7-17-12)18-13(19)8-4-3-5-9(14)11(8)15/h3-7,10H,2H2,1H3,(H,16,17)(H,18,19). The van der Waals surface area contributed by atoms with Crippen LogP contribution in [0.3, 0.4) is 0 Å². The second-order valence-corrected chi connectivity index (χ2v) is 4.42. The van der Waals surface area contributed by atoms with E-state index >= 15 is 0 Å². The lowest BCUT2D eigenvalue weighted by Gasteiger charge is -2.15. The number of rotatable bonds is 4. The molecule has 0 saturated heterocycles. The molecular formula is C13H13ClFN3O. The number of carbonyl (C=O) groups is 1. The van der Waals surface area contributed by atoms with Gasteiger partial charge in [-0.15, -0.1) is 0 Å². The molecule has 0 spiro atoms. The highest BCUT2D eigenvalue weighted by Crippen LogP contribution is 2.19. The van der Waals surface area contributed by atoms with Crippen molar-refractivity contribution in [1.82, 2.24) is 15.3 Å². The molecule has 1 aromatic carbocycles. The normalized spacial score (nSPS) is 12.2. The maximum atomic E-state index is 13.7. The molecule has 1 aromatic heterocycles. The molecule has 2 N–H and O–H groups in total. The molecule has 1 unspecified atom stereocenters. The van der Waals surface area contributed by atoms with Crippen molar-refractivity contribution in [2.45, 2.75) is 19.4 Å². The highest BCUT2D eigenvalue weighted by Gasteiger charge is 2.19. The van der Waals surface area contributed by atoms with Gasteiger partial charge in [-0.2, -0.15) is 0 Å². The Morgan fingerprint density at radius 3 is 3.00 bits per heavy atom. The second-order valence-electron chi connectivity index (χ2n) is 4.01. The summed E-state index contributed by atoms with van der Waals surface area (Å²) in [5.41, 5.74) is -0.0718. The molecule has 6 heteroatoms. The van der Waals surface area contributed by atoms with Crippen molar-refractivity contribution in [1.29, 1.82) is 0 Å². The lowest BCUT2D eigenvalue weighted by molar-refractivity contribution is 0.0930. The molecule has 1 atom stereocenters. The summed E-state index contributed by atoms with van der Waals surface area (Å²) < 4.78 is 13.7.